The van der Waals surface area contributed by atoms with Crippen molar-refractivity contribution in [3.8, 4) is 12.3 Å². The van der Waals surface area contributed by atoms with Gasteiger partial charge in [-0.3, -0.25) is 4.57 Å². The van der Waals surface area contributed by atoms with Crippen molar-refractivity contribution in [2.75, 3.05) is 0 Å². The van der Waals surface area contributed by atoms with Gasteiger partial charge in [0, 0.05) is 18.0 Å². The summed E-state index contributed by atoms with van der Waals surface area (Å²) in [7, 11) is 0. The third kappa shape index (κ3) is 2.97. The lowest BCUT2D eigenvalue weighted by atomic mass is 10.1. The topological polar surface area (TPSA) is 31.2 Å². The van der Waals surface area contributed by atoms with Crippen molar-refractivity contribution in [2.24, 2.45) is 0 Å². The number of terminal acetylenes is 1. The van der Waals surface area contributed by atoms with E-state index in [4.69, 9.17) is 11.2 Å². The highest BCUT2D eigenvalue weighted by molar-refractivity contribution is 5.90. The van der Waals surface area contributed by atoms with E-state index in [0.717, 1.165) is 16.5 Å². The van der Waals surface area contributed by atoms with Crippen LogP contribution in [0.2, 0.25) is 0 Å². The normalized spacial score (nSPS) is 11.3. The van der Waals surface area contributed by atoms with E-state index in [1.807, 2.05) is 45.0 Å². The summed E-state index contributed by atoms with van der Waals surface area (Å²) in [4.78, 5) is 12.1. The van der Waals surface area contributed by atoms with E-state index in [0.29, 0.717) is 6.42 Å². The van der Waals surface area contributed by atoms with Gasteiger partial charge >= 0.3 is 6.09 Å². The first-order chi connectivity index (χ1) is 8.90. The average Bonchev–Trinajstić information content (AvgIpc) is 2.70. The lowest BCUT2D eigenvalue weighted by molar-refractivity contribution is 0.0544. The molecule has 1 heterocycles. The lowest BCUT2D eigenvalue weighted by Gasteiger charge is -2.19. The van der Waals surface area contributed by atoms with Crippen LogP contribution in [0.5, 0.6) is 0 Å². The molecule has 1 aromatic heterocycles. The Morgan fingerprint density at radius 3 is 2.74 bits per heavy atom. The third-order valence-electron chi connectivity index (χ3n) is 2.65. The molecule has 2 rings (SSSR count). The van der Waals surface area contributed by atoms with E-state index in [-0.39, 0.29) is 6.09 Å². The zero-order valence-electron chi connectivity index (χ0n) is 11.4. The van der Waals surface area contributed by atoms with Gasteiger partial charge in [0.1, 0.15) is 5.60 Å². The summed E-state index contributed by atoms with van der Waals surface area (Å²) in [5, 5.41) is 0.992. The molecule has 3 heteroatoms. The van der Waals surface area contributed by atoms with E-state index < -0.39 is 5.60 Å². The molecule has 0 aliphatic carbocycles. The number of nitrogens with zero attached hydrogens (tertiary/aromatic N) is 1. The molecule has 0 radical (unpaired) electrons. The van der Waals surface area contributed by atoms with Crippen LogP contribution in [0.15, 0.2) is 30.5 Å². The molecule has 3 nitrogen and oxygen atoms in total. The van der Waals surface area contributed by atoms with Gasteiger partial charge in [-0.15, -0.1) is 12.3 Å². The molecule has 19 heavy (non-hydrogen) atoms. The fourth-order valence-electron chi connectivity index (χ4n) is 1.87. The first-order valence-electron chi connectivity index (χ1n) is 6.17. The first-order valence-corrected chi connectivity index (χ1v) is 6.17. The average molecular weight is 255 g/mol. The quantitative estimate of drug-likeness (QED) is 0.729. The molecule has 0 saturated heterocycles. The lowest BCUT2D eigenvalue weighted by Crippen LogP contribution is -2.26. The van der Waals surface area contributed by atoms with Crippen LogP contribution in [0, 0.1) is 12.3 Å². The predicted octanol–water partition coefficient (Wildman–Crippen LogP) is 3.60. The van der Waals surface area contributed by atoms with Gasteiger partial charge in [0.2, 0.25) is 0 Å². The zero-order chi connectivity index (χ0) is 14.0. The highest BCUT2D eigenvalue weighted by Crippen LogP contribution is 2.19. The maximum absolute atomic E-state index is 12.1. The van der Waals surface area contributed by atoms with Gasteiger partial charge in [-0.1, -0.05) is 12.1 Å². The van der Waals surface area contributed by atoms with Gasteiger partial charge in [0.25, 0.3) is 0 Å². The van der Waals surface area contributed by atoms with Gasteiger partial charge in [0.15, 0.2) is 0 Å². The van der Waals surface area contributed by atoms with Crippen LogP contribution in [0.3, 0.4) is 0 Å². The van der Waals surface area contributed by atoms with Crippen LogP contribution >= 0.6 is 0 Å². The highest BCUT2D eigenvalue weighted by atomic mass is 16.6. The maximum Gasteiger partial charge on any atom is 0.418 e. The Bertz CT molecular complexity index is 653. The number of carbonyl (C=O) groups is 1. The summed E-state index contributed by atoms with van der Waals surface area (Å²) in [6, 6.07) is 7.75. The molecule has 0 amide bonds. The SMILES string of the molecule is C#CCc1ccc2ccn(C(=O)OC(C)(C)C)c2c1. The minimum absolute atomic E-state index is 0.375. The number of hydrogen-bond acceptors (Lipinski definition) is 2. The van der Waals surface area contributed by atoms with Crippen molar-refractivity contribution < 1.29 is 9.53 Å². The molecule has 0 aliphatic heterocycles. The molecule has 0 fully saturated rings. The molecule has 0 bridgehead atoms. The molecule has 0 saturated carbocycles. The summed E-state index contributed by atoms with van der Waals surface area (Å²) < 4.78 is 6.89. The van der Waals surface area contributed by atoms with Gasteiger partial charge < -0.3 is 4.74 Å². The Morgan fingerprint density at radius 2 is 2.11 bits per heavy atom. The van der Waals surface area contributed by atoms with Crippen molar-refractivity contribution in [2.45, 2.75) is 32.8 Å². The second-order valence-electron chi connectivity index (χ2n) is 5.44. The van der Waals surface area contributed by atoms with E-state index in [1.165, 1.54) is 4.57 Å². The first kappa shape index (κ1) is 13.2. The van der Waals surface area contributed by atoms with Gasteiger partial charge in [-0.2, -0.15) is 0 Å². The van der Waals surface area contributed by atoms with Crippen molar-refractivity contribution in [1.82, 2.24) is 4.57 Å². The summed E-state index contributed by atoms with van der Waals surface area (Å²) >= 11 is 0. The summed E-state index contributed by atoms with van der Waals surface area (Å²) in [6.45, 7) is 5.54. The predicted molar refractivity (Wildman–Crippen MR) is 76.1 cm³/mol. The molecule has 0 unspecified atom stereocenters. The Labute approximate surface area is 113 Å². The molecule has 0 aliphatic rings. The summed E-state index contributed by atoms with van der Waals surface area (Å²) in [5.74, 6) is 2.60. The van der Waals surface area contributed by atoms with Crippen LogP contribution < -0.4 is 0 Å². The Balaban J connectivity index is 2.41. The molecule has 0 atom stereocenters. The van der Waals surface area contributed by atoms with Crippen LogP contribution in [0.25, 0.3) is 10.9 Å². The number of benzene rings is 1. The second-order valence-corrected chi connectivity index (χ2v) is 5.44. The summed E-state index contributed by atoms with van der Waals surface area (Å²) in [6.07, 6.45) is 7.21. The van der Waals surface area contributed by atoms with E-state index in [9.17, 15) is 4.79 Å². The van der Waals surface area contributed by atoms with Crippen LogP contribution in [-0.2, 0) is 11.2 Å². The molecule has 2 aromatic rings. The Kier molecular flexibility index (Phi) is 3.35. The summed E-state index contributed by atoms with van der Waals surface area (Å²) in [5.41, 5.74) is 1.32. The zero-order valence-corrected chi connectivity index (χ0v) is 11.4. The van der Waals surface area contributed by atoms with E-state index in [2.05, 4.69) is 5.92 Å². The van der Waals surface area contributed by atoms with Crippen LogP contribution in [0.1, 0.15) is 26.3 Å². The molecule has 98 valence electrons. The molecule has 0 N–H and O–H groups in total. The van der Waals surface area contributed by atoms with Crippen molar-refractivity contribution in [3.05, 3.63) is 36.0 Å². The van der Waals surface area contributed by atoms with E-state index >= 15 is 0 Å². The molecule has 0 spiro atoms. The molecular weight excluding hydrogens is 238 g/mol. The largest absolute Gasteiger partial charge is 0.443 e. The minimum atomic E-state index is -0.510. The smallest absolute Gasteiger partial charge is 0.418 e. The van der Waals surface area contributed by atoms with Crippen molar-refractivity contribution in [3.63, 3.8) is 0 Å². The van der Waals surface area contributed by atoms with Gasteiger partial charge in [-0.05, 0) is 38.5 Å². The number of ether oxygens (including phenoxy) is 1. The number of aromatic nitrogens is 1. The van der Waals surface area contributed by atoms with Crippen LogP contribution in [-0.4, -0.2) is 16.3 Å². The number of hydrogen-bond donors (Lipinski definition) is 0. The van der Waals surface area contributed by atoms with Crippen molar-refractivity contribution in [1.29, 1.82) is 0 Å². The van der Waals surface area contributed by atoms with E-state index in [1.54, 1.807) is 6.20 Å². The van der Waals surface area contributed by atoms with Crippen LogP contribution in [0.4, 0.5) is 4.79 Å². The van der Waals surface area contributed by atoms with Crippen molar-refractivity contribution >= 4 is 17.0 Å². The molecule has 1 aromatic carbocycles. The fourth-order valence-corrected chi connectivity index (χ4v) is 1.87. The number of carbonyl (C=O) groups excluding carboxylic acids is 1. The highest BCUT2D eigenvalue weighted by Gasteiger charge is 2.18. The number of rotatable bonds is 1. The Morgan fingerprint density at radius 1 is 1.37 bits per heavy atom. The fraction of sp³-hybridized carbons (Fsp3) is 0.312. The number of fused-ring (bicyclic) bond motifs is 1. The minimum Gasteiger partial charge on any atom is -0.443 e. The standard InChI is InChI=1S/C16H17NO2/c1-5-6-12-7-8-13-9-10-17(14(13)11-12)15(18)19-16(2,3)4/h1,7-11H,6H2,2-4H3. The monoisotopic (exact) mass is 255 g/mol. The maximum atomic E-state index is 12.1. The Hall–Kier alpha value is -2.21. The third-order valence-corrected chi connectivity index (χ3v) is 2.65. The molecular formula is C16H17NO2. The second kappa shape index (κ2) is 4.81. The van der Waals surface area contributed by atoms with Gasteiger partial charge in [0.05, 0.1) is 5.52 Å². The van der Waals surface area contributed by atoms with Gasteiger partial charge in [-0.25, -0.2) is 4.79 Å².